The third-order valence-electron chi connectivity index (χ3n) is 5.33. The van der Waals surface area contributed by atoms with Crippen LogP contribution < -0.4 is 10.2 Å². The molecule has 170 valence electrons. The van der Waals surface area contributed by atoms with Crippen LogP contribution in [0, 0.1) is 12.8 Å². The third-order valence-corrected chi connectivity index (χ3v) is 5.33. The van der Waals surface area contributed by atoms with E-state index in [1.165, 1.54) is 0 Å². The van der Waals surface area contributed by atoms with Crippen molar-refractivity contribution in [2.45, 2.75) is 26.8 Å². The van der Waals surface area contributed by atoms with Crippen molar-refractivity contribution >= 4 is 23.7 Å². The van der Waals surface area contributed by atoms with E-state index in [0.717, 1.165) is 5.56 Å². The number of carbonyl (C=O) groups excluding carboxylic acids is 3. The van der Waals surface area contributed by atoms with Gasteiger partial charge in [-0.1, -0.05) is 31.5 Å². The molecule has 1 fully saturated rings. The molecule has 0 bridgehead atoms. The number of aryl methyl sites for hydroxylation is 1. The lowest BCUT2D eigenvalue weighted by Gasteiger charge is -2.34. The van der Waals surface area contributed by atoms with Crippen LogP contribution in [0.4, 0.5) is 5.95 Å². The van der Waals surface area contributed by atoms with E-state index in [1.807, 2.05) is 37.8 Å². The van der Waals surface area contributed by atoms with Crippen LogP contribution >= 0.6 is 0 Å². The van der Waals surface area contributed by atoms with Crippen LogP contribution in [0.3, 0.4) is 0 Å². The van der Waals surface area contributed by atoms with Gasteiger partial charge in [0.15, 0.2) is 6.61 Å². The maximum absolute atomic E-state index is 12.6. The second-order valence-corrected chi connectivity index (χ2v) is 8.09. The maximum atomic E-state index is 12.6. The van der Waals surface area contributed by atoms with Gasteiger partial charge in [0.2, 0.25) is 5.95 Å². The minimum absolute atomic E-state index is 0.193. The first-order valence-electron chi connectivity index (χ1n) is 10.7. The molecule has 1 aliphatic heterocycles. The average molecular weight is 440 g/mol. The monoisotopic (exact) mass is 439 g/mol. The molecule has 9 heteroatoms. The summed E-state index contributed by atoms with van der Waals surface area (Å²) in [5.41, 5.74) is 1.50. The number of hydrogen-bond acceptors (Lipinski definition) is 7. The van der Waals surface area contributed by atoms with Gasteiger partial charge < -0.3 is 19.9 Å². The molecule has 2 amide bonds. The molecule has 1 atom stereocenters. The molecule has 1 saturated heterocycles. The topological polar surface area (TPSA) is 105 Å². The lowest BCUT2D eigenvalue weighted by Crippen LogP contribution is -2.51. The Bertz CT molecular complexity index is 925. The number of rotatable bonds is 7. The molecule has 0 aliphatic carbocycles. The van der Waals surface area contributed by atoms with E-state index in [4.69, 9.17) is 4.74 Å². The first-order chi connectivity index (χ1) is 15.3. The number of ether oxygens (including phenoxy) is 1. The van der Waals surface area contributed by atoms with Gasteiger partial charge in [-0.15, -0.1) is 0 Å². The Morgan fingerprint density at radius 3 is 2.25 bits per heavy atom. The molecule has 3 rings (SSSR count). The Morgan fingerprint density at radius 1 is 1.03 bits per heavy atom. The van der Waals surface area contributed by atoms with Crippen molar-refractivity contribution in [1.82, 2.24) is 20.2 Å². The summed E-state index contributed by atoms with van der Waals surface area (Å²) in [7, 11) is 0. The molecule has 2 heterocycles. The minimum Gasteiger partial charge on any atom is -0.454 e. The Hall–Kier alpha value is -3.49. The van der Waals surface area contributed by atoms with Crippen molar-refractivity contribution in [2.24, 2.45) is 5.92 Å². The van der Waals surface area contributed by atoms with Gasteiger partial charge in [-0.25, -0.2) is 14.8 Å². The lowest BCUT2D eigenvalue weighted by molar-refractivity contribution is -0.154. The normalized spacial score (nSPS) is 14.8. The number of esters is 1. The van der Waals surface area contributed by atoms with Crippen molar-refractivity contribution in [2.75, 3.05) is 37.7 Å². The summed E-state index contributed by atoms with van der Waals surface area (Å²) in [5, 5.41) is 2.72. The highest BCUT2D eigenvalue weighted by atomic mass is 16.5. The maximum Gasteiger partial charge on any atom is 0.329 e. The molecule has 2 aromatic rings. The highest BCUT2D eigenvalue weighted by molar-refractivity contribution is 5.97. The number of amides is 2. The predicted octanol–water partition coefficient (Wildman–Crippen LogP) is 1.43. The Morgan fingerprint density at radius 2 is 1.66 bits per heavy atom. The molecule has 1 N–H and O–H groups in total. The van der Waals surface area contributed by atoms with Crippen molar-refractivity contribution in [3.05, 3.63) is 53.9 Å². The fraction of sp³-hybridized carbons (Fsp3) is 0.435. The highest BCUT2D eigenvalue weighted by Gasteiger charge is 2.28. The standard InChI is InChI=1S/C23H29N5O4/c1-16(2)20(26-21(30)18-7-5-17(3)6-8-18)22(31)32-15-19(29)27-11-13-28(14-12-27)23-24-9-4-10-25-23/h4-10,16,20H,11-15H2,1-3H3,(H,26,30)/t20-/m0/s1. The van der Waals surface area contributed by atoms with Gasteiger partial charge in [0.25, 0.3) is 11.8 Å². The molecular formula is C23H29N5O4. The van der Waals surface area contributed by atoms with Crippen LogP contribution in [0.2, 0.25) is 0 Å². The molecule has 0 radical (unpaired) electrons. The van der Waals surface area contributed by atoms with Crippen LogP contribution in [0.5, 0.6) is 0 Å². The van der Waals surface area contributed by atoms with Gasteiger partial charge in [-0.3, -0.25) is 9.59 Å². The molecule has 1 aromatic carbocycles. The van der Waals surface area contributed by atoms with Crippen LogP contribution in [-0.2, 0) is 14.3 Å². The van der Waals surface area contributed by atoms with Gasteiger partial charge in [0.1, 0.15) is 6.04 Å². The first-order valence-corrected chi connectivity index (χ1v) is 10.7. The summed E-state index contributed by atoms with van der Waals surface area (Å²) in [5.74, 6) is -0.799. The Labute approximate surface area is 187 Å². The van der Waals surface area contributed by atoms with E-state index in [-0.39, 0.29) is 24.3 Å². The van der Waals surface area contributed by atoms with Gasteiger partial charge in [-0.2, -0.15) is 0 Å². The van der Waals surface area contributed by atoms with E-state index < -0.39 is 12.0 Å². The summed E-state index contributed by atoms with van der Waals surface area (Å²) in [6.07, 6.45) is 3.37. The third kappa shape index (κ3) is 6.03. The molecule has 9 nitrogen and oxygen atoms in total. The van der Waals surface area contributed by atoms with Crippen LogP contribution in [0.15, 0.2) is 42.7 Å². The smallest absolute Gasteiger partial charge is 0.329 e. The van der Waals surface area contributed by atoms with E-state index in [2.05, 4.69) is 15.3 Å². The molecule has 1 aliphatic rings. The average Bonchev–Trinajstić information content (AvgIpc) is 2.81. The molecule has 0 spiro atoms. The van der Waals surface area contributed by atoms with E-state index in [1.54, 1.807) is 35.5 Å². The van der Waals surface area contributed by atoms with Crippen LogP contribution in [-0.4, -0.2) is 71.5 Å². The number of carbonyl (C=O) groups is 3. The molecule has 0 unspecified atom stereocenters. The fourth-order valence-electron chi connectivity index (χ4n) is 3.35. The number of anilines is 1. The van der Waals surface area contributed by atoms with E-state index >= 15 is 0 Å². The summed E-state index contributed by atoms with van der Waals surface area (Å²) in [4.78, 5) is 49.7. The number of benzene rings is 1. The molecular weight excluding hydrogens is 410 g/mol. The number of piperazine rings is 1. The van der Waals surface area contributed by atoms with Gasteiger partial charge in [-0.05, 0) is 31.0 Å². The predicted molar refractivity (Wildman–Crippen MR) is 119 cm³/mol. The quantitative estimate of drug-likeness (QED) is 0.651. The number of nitrogens with one attached hydrogen (secondary N) is 1. The van der Waals surface area contributed by atoms with Crippen molar-refractivity contribution in [1.29, 1.82) is 0 Å². The zero-order valence-corrected chi connectivity index (χ0v) is 18.7. The largest absolute Gasteiger partial charge is 0.454 e. The zero-order valence-electron chi connectivity index (χ0n) is 18.7. The summed E-state index contributed by atoms with van der Waals surface area (Å²) in [6, 6.07) is 7.99. The second kappa shape index (κ2) is 10.7. The summed E-state index contributed by atoms with van der Waals surface area (Å²) >= 11 is 0. The van der Waals surface area contributed by atoms with Crippen molar-refractivity contribution in [3.8, 4) is 0 Å². The number of aromatic nitrogens is 2. The number of nitrogens with zero attached hydrogens (tertiary/aromatic N) is 4. The zero-order chi connectivity index (χ0) is 23.1. The molecule has 1 aromatic heterocycles. The molecule has 32 heavy (non-hydrogen) atoms. The Kier molecular flexibility index (Phi) is 7.75. The van der Waals surface area contributed by atoms with Gasteiger partial charge in [0.05, 0.1) is 0 Å². The van der Waals surface area contributed by atoms with Crippen LogP contribution in [0.25, 0.3) is 0 Å². The molecule has 0 saturated carbocycles. The number of hydrogen-bond donors (Lipinski definition) is 1. The second-order valence-electron chi connectivity index (χ2n) is 8.09. The van der Waals surface area contributed by atoms with Crippen LogP contribution in [0.1, 0.15) is 29.8 Å². The van der Waals surface area contributed by atoms with Crippen molar-refractivity contribution < 1.29 is 19.1 Å². The van der Waals surface area contributed by atoms with E-state index in [9.17, 15) is 14.4 Å². The van der Waals surface area contributed by atoms with Gasteiger partial charge in [0, 0.05) is 44.1 Å². The SMILES string of the molecule is Cc1ccc(C(=O)N[C@H](C(=O)OCC(=O)N2CCN(c3ncccn3)CC2)C(C)C)cc1. The first kappa shape index (κ1) is 23.2. The Balaban J connectivity index is 1.49. The summed E-state index contributed by atoms with van der Waals surface area (Å²) < 4.78 is 5.26. The minimum atomic E-state index is -0.844. The highest BCUT2D eigenvalue weighted by Crippen LogP contribution is 2.11. The van der Waals surface area contributed by atoms with Crippen molar-refractivity contribution in [3.63, 3.8) is 0 Å². The summed E-state index contributed by atoms with van der Waals surface area (Å²) in [6.45, 7) is 7.39. The fourth-order valence-corrected chi connectivity index (χ4v) is 3.35. The van der Waals surface area contributed by atoms with Gasteiger partial charge >= 0.3 is 5.97 Å². The van der Waals surface area contributed by atoms with E-state index in [0.29, 0.717) is 37.7 Å². The lowest BCUT2D eigenvalue weighted by atomic mass is 10.0.